The lowest BCUT2D eigenvalue weighted by atomic mass is 10.0. The Hall–Kier alpha value is -1.80. The molecule has 2 aromatic rings. The average Bonchev–Trinajstić information content (AvgIpc) is 2.46. The first-order valence-electron chi connectivity index (χ1n) is 7.61. The van der Waals surface area contributed by atoms with Crippen LogP contribution in [0.5, 0.6) is 0 Å². The van der Waals surface area contributed by atoms with Crippen LogP contribution in [0.15, 0.2) is 42.5 Å². The summed E-state index contributed by atoms with van der Waals surface area (Å²) in [6, 6.07) is 15.4. The molecule has 2 heteroatoms. The number of nitrogens with zero attached hydrogens (tertiary/aromatic N) is 1. The minimum Gasteiger partial charge on any atom is -0.370 e. The van der Waals surface area contributed by atoms with Gasteiger partial charge in [0.1, 0.15) is 0 Å². The Morgan fingerprint density at radius 3 is 2.38 bits per heavy atom. The van der Waals surface area contributed by atoms with Gasteiger partial charge in [-0.15, -0.1) is 0 Å². The summed E-state index contributed by atoms with van der Waals surface area (Å²) >= 11 is 0. The molecule has 2 nitrogen and oxygen atoms in total. The predicted molar refractivity (Wildman–Crippen MR) is 92.1 cm³/mol. The predicted octanol–water partition coefficient (Wildman–Crippen LogP) is 3.70. The zero-order valence-corrected chi connectivity index (χ0v) is 13.6. The monoisotopic (exact) mass is 282 g/mol. The molecule has 112 valence electrons. The van der Waals surface area contributed by atoms with Crippen molar-refractivity contribution in [3.63, 3.8) is 0 Å². The second-order valence-electron chi connectivity index (χ2n) is 5.77. The molecule has 1 N–H and O–H groups in total. The molecule has 0 aliphatic heterocycles. The van der Waals surface area contributed by atoms with E-state index in [0.717, 1.165) is 19.5 Å². The lowest BCUT2D eigenvalue weighted by Crippen LogP contribution is -2.19. The van der Waals surface area contributed by atoms with Gasteiger partial charge in [-0.05, 0) is 56.6 Å². The van der Waals surface area contributed by atoms with E-state index in [0.29, 0.717) is 0 Å². The normalized spacial score (nSPS) is 10.7. The van der Waals surface area contributed by atoms with E-state index < -0.39 is 0 Å². The van der Waals surface area contributed by atoms with Crippen LogP contribution in [0.3, 0.4) is 0 Å². The summed E-state index contributed by atoms with van der Waals surface area (Å²) < 4.78 is 0. The molecule has 2 aromatic carbocycles. The molecule has 0 aromatic heterocycles. The number of hydrogen-bond donors (Lipinski definition) is 1. The molecule has 0 unspecified atom stereocenters. The highest BCUT2D eigenvalue weighted by Crippen LogP contribution is 2.22. The highest BCUT2D eigenvalue weighted by Gasteiger charge is 2.08. The minimum atomic E-state index is 0.948. The SMILES string of the molecule is CNCCc1ccccc1CN(C)c1ccc(C)cc1C. The molecule has 2 rings (SSSR count). The molecule has 0 heterocycles. The van der Waals surface area contributed by atoms with Gasteiger partial charge in [0.2, 0.25) is 0 Å². The Balaban J connectivity index is 2.17. The van der Waals surface area contributed by atoms with Crippen LogP contribution >= 0.6 is 0 Å². The number of likely N-dealkylation sites (N-methyl/N-ethyl adjacent to an activating group) is 1. The third-order valence-corrected chi connectivity index (χ3v) is 3.93. The fourth-order valence-corrected chi connectivity index (χ4v) is 2.79. The van der Waals surface area contributed by atoms with Crippen molar-refractivity contribution in [3.05, 3.63) is 64.7 Å². The standard InChI is InChI=1S/C19H26N2/c1-15-9-10-19(16(2)13-15)21(4)14-18-8-6-5-7-17(18)11-12-20-3/h5-10,13,20H,11-12,14H2,1-4H3. The van der Waals surface area contributed by atoms with Crippen LogP contribution < -0.4 is 10.2 Å². The van der Waals surface area contributed by atoms with Crippen molar-refractivity contribution in [2.75, 3.05) is 25.5 Å². The van der Waals surface area contributed by atoms with Crippen molar-refractivity contribution >= 4 is 5.69 Å². The van der Waals surface area contributed by atoms with Gasteiger partial charge >= 0.3 is 0 Å². The van der Waals surface area contributed by atoms with Crippen LogP contribution in [0.4, 0.5) is 5.69 Å². The highest BCUT2D eigenvalue weighted by molar-refractivity contribution is 5.54. The zero-order chi connectivity index (χ0) is 15.2. The number of rotatable bonds is 6. The van der Waals surface area contributed by atoms with Crippen molar-refractivity contribution in [1.29, 1.82) is 0 Å². The van der Waals surface area contributed by atoms with Gasteiger partial charge in [-0.1, -0.05) is 42.0 Å². The van der Waals surface area contributed by atoms with E-state index >= 15 is 0 Å². The molecular formula is C19H26N2. The van der Waals surface area contributed by atoms with Crippen molar-refractivity contribution in [2.45, 2.75) is 26.8 Å². The largest absolute Gasteiger partial charge is 0.370 e. The maximum absolute atomic E-state index is 3.23. The minimum absolute atomic E-state index is 0.948. The Kier molecular flexibility index (Phi) is 5.40. The molecule has 0 bridgehead atoms. The molecule has 0 fully saturated rings. The quantitative estimate of drug-likeness (QED) is 0.869. The number of nitrogens with one attached hydrogen (secondary N) is 1. The molecular weight excluding hydrogens is 256 g/mol. The van der Waals surface area contributed by atoms with Crippen LogP contribution in [0, 0.1) is 13.8 Å². The van der Waals surface area contributed by atoms with Crippen molar-refractivity contribution in [1.82, 2.24) is 5.32 Å². The van der Waals surface area contributed by atoms with E-state index in [1.807, 2.05) is 7.05 Å². The van der Waals surface area contributed by atoms with E-state index in [1.165, 1.54) is 27.9 Å². The van der Waals surface area contributed by atoms with Gasteiger partial charge in [0.05, 0.1) is 0 Å². The maximum atomic E-state index is 3.23. The fourth-order valence-electron chi connectivity index (χ4n) is 2.79. The first kappa shape index (κ1) is 15.6. The molecule has 21 heavy (non-hydrogen) atoms. The molecule has 0 spiro atoms. The van der Waals surface area contributed by atoms with E-state index in [2.05, 4.69) is 73.6 Å². The van der Waals surface area contributed by atoms with Crippen molar-refractivity contribution in [3.8, 4) is 0 Å². The molecule has 0 saturated carbocycles. The van der Waals surface area contributed by atoms with E-state index in [-0.39, 0.29) is 0 Å². The van der Waals surface area contributed by atoms with Crippen molar-refractivity contribution < 1.29 is 0 Å². The van der Waals surface area contributed by atoms with Crippen molar-refractivity contribution in [2.24, 2.45) is 0 Å². The smallest absolute Gasteiger partial charge is 0.0429 e. The molecule has 0 saturated heterocycles. The molecule has 0 atom stereocenters. The third-order valence-electron chi connectivity index (χ3n) is 3.93. The van der Waals surface area contributed by atoms with Gasteiger partial charge in [0.15, 0.2) is 0 Å². The maximum Gasteiger partial charge on any atom is 0.0429 e. The Bertz CT molecular complexity index is 590. The van der Waals surface area contributed by atoms with Crippen LogP contribution in [0.1, 0.15) is 22.3 Å². The molecule has 0 aliphatic carbocycles. The van der Waals surface area contributed by atoms with Crippen LogP contribution in [-0.4, -0.2) is 20.6 Å². The van der Waals surface area contributed by atoms with E-state index in [4.69, 9.17) is 0 Å². The highest BCUT2D eigenvalue weighted by atomic mass is 15.1. The summed E-state index contributed by atoms with van der Waals surface area (Å²) in [5, 5.41) is 3.23. The van der Waals surface area contributed by atoms with Gasteiger partial charge in [-0.2, -0.15) is 0 Å². The first-order chi connectivity index (χ1) is 10.1. The topological polar surface area (TPSA) is 15.3 Å². The first-order valence-corrected chi connectivity index (χ1v) is 7.61. The van der Waals surface area contributed by atoms with Gasteiger partial charge in [0, 0.05) is 19.3 Å². The zero-order valence-electron chi connectivity index (χ0n) is 13.6. The van der Waals surface area contributed by atoms with Gasteiger partial charge < -0.3 is 10.2 Å². The van der Waals surface area contributed by atoms with Crippen LogP contribution in [0.25, 0.3) is 0 Å². The van der Waals surface area contributed by atoms with E-state index in [9.17, 15) is 0 Å². The number of anilines is 1. The molecule has 0 amide bonds. The van der Waals surface area contributed by atoms with Crippen LogP contribution in [0.2, 0.25) is 0 Å². The lowest BCUT2D eigenvalue weighted by Gasteiger charge is -2.23. The summed E-state index contributed by atoms with van der Waals surface area (Å²) in [4.78, 5) is 2.34. The third kappa shape index (κ3) is 4.08. The number of hydrogen-bond acceptors (Lipinski definition) is 2. The Morgan fingerprint density at radius 2 is 1.71 bits per heavy atom. The second kappa shape index (κ2) is 7.28. The Morgan fingerprint density at radius 1 is 1.00 bits per heavy atom. The summed E-state index contributed by atoms with van der Waals surface area (Å²) in [5.41, 5.74) is 6.81. The van der Waals surface area contributed by atoms with Gasteiger partial charge in [0.25, 0.3) is 0 Å². The molecule has 0 aliphatic rings. The summed E-state index contributed by atoms with van der Waals surface area (Å²) in [6.45, 7) is 6.30. The van der Waals surface area contributed by atoms with Crippen LogP contribution in [-0.2, 0) is 13.0 Å². The fraction of sp³-hybridized carbons (Fsp3) is 0.368. The lowest BCUT2D eigenvalue weighted by molar-refractivity contribution is 0.780. The summed E-state index contributed by atoms with van der Waals surface area (Å²) in [5.74, 6) is 0. The Labute approximate surface area is 128 Å². The number of aryl methyl sites for hydroxylation is 2. The van der Waals surface area contributed by atoms with Gasteiger partial charge in [-0.25, -0.2) is 0 Å². The number of benzene rings is 2. The molecule has 0 radical (unpaired) electrons. The van der Waals surface area contributed by atoms with Gasteiger partial charge in [-0.3, -0.25) is 0 Å². The van der Waals surface area contributed by atoms with E-state index in [1.54, 1.807) is 0 Å². The second-order valence-corrected chi connectivity index (χ2v) is 5.77. The summed E-state index contributed by atoms with van der Waals surface area (Å²) in [6.07, 6.45) is 1.08. The average molecular weight is 282 g/mol. The summed E-state index contributed by atoms with van der Waals surface area (Å²) in [7, 11) is 4.18.